The van der Waals surface area contributed by atoms with Crippen LogP contribution in [-0.4, -0.2) is 60.9 Å². The van der Waals surface area contributed by atoms with E-state index in [9.17, 15) is 14.4 Å². The molecule has 10 heteroatoms. The maximum Gasteiger partial charge on any atom is 0.408 e. The average molecular weight is 437 g/mol. The molecule has 9 nitrogen and oxygen atoms in total. The second-order valence-electron chi connectivity index (χ2n) is 7.60. The van der Waals surface area contributed by atoms with Gasteiger partial charge in [-0.2, -0.15) is 0 Å². The molecule has 2 amide bonds. The van der Waals surface area contributed by atoms with Crippen LogP contribution in [0.2, 0.25) is 5.02 Å². The molecule has 1 aromatic heterocycles. The number of Topliss-reactive ketones (excluding diaryl/α,β-unsaturated/α-hetero) is 1. The first-order valence-corrected chi connectivity index (χ1v) is 9.61. The molecule has 162 valence electrons. The van der Waals surface area contributed by atoms with Crippen molar-refractivity contribution in [3.63, 3.8) is 0 Å². The van der Waals surface area contributed by atoms with Crippen LogP contribution in [0.5, 0.6) is 0 Å². The number of amides is 2. The zero-order valence-electron chi connectivity index (χ0n) is 17.3. The van der Waals surface area contributed by atoms with Crippen molar-refractivity contribution in [2.24, 2.45) is 4.99 Å². The third-order valence-electron chi connectivity index (χ3n) is 3.97. The summed E-state index contributed by atoms with van der Waals surface area (Å²) in [6, 6.07) is 2.50. The summed E-state index contributed by atoms with van der Waals surface area (Å²) in [7, 11) is 1.45. The van der Waals surface area contributed by atoms with Gasteiger partial charge in [-0.25, -0.2) is 4.79 Å². The summed E-state index contributed by atoms with van der Waals surface area (Å²) in [5.74, 6) is -1.68. The second kappa shape index (κ2) is 9.82. The number of hydrogen-bond acceptors (Lipinski definition) is 7. The molecular formula is C20H25ClN4O5. The van der Waals surface area contributed by atoms with E-state index in [2.05, 4.69) is 20.6 Å². The summed E-state index contributed by atoms with van der Waals surface area (Å²) in [5, 5.41) is 5.52. The van der Waals surface area contributed by atoms with Crippen molar-refractivity contribution in [1.82, 2.24) is 15.6 Å². The van der Waals surface area contributed by atoms with E-state index < -0.39 is 35.0 Å². The maximum absolute atomic E-state index is 12.9. The Morgan fingerprint density at radius 3 is 2.53 bits per heavy atom. The molecule has 0 radical (unpaired) electrons. The summed E-state index contributed by atoms with van der Waals surface area (Å²) in [5.41, 5.74) is -1.95. The second-order valence-corrected chi connectivity index (χ2v) is 8.04. The molecule has 2 rings (SSSR count). The summed E-state index contributed by atoms with van der Waals surface area (Å²) < 4.78 is 10.3. The van der Waals surface area contributed by atoms with Crippen molar-refractivity contribution >= 4 is 35.6 Å². The Labute approximate surface area is 179 Å². The standard InChI is InChI=1S/C20H25ClN4O5/c1-19(2,3)30-18(28)25-14(12-29-4)11-23-17(27)16(26)20(8-5-9-24-20)15-7-6-13(21)10-22-15/h5-10,14H,11-12H2,1-4H3,(H,23,27)(H,25,28)/t14-,20?/m0/s1. The largest absolute Gasteiger partial charge is 0.444 e. The van der Waals surface area contributed by atoms with Crippen LogP contribution in [0.15, 0.2) is 35.5 Å². The minimum absolute atomic E-state index is 0.0464. The van der Waals surface area contributed by atoms with Crippen molar-refractivity contribution in [2.75, 3.05) is 20.3 Å². The number of methoxy groups -OCH3 is 1. The molecular weight excluding hydrogens is 412 g/mol. The molecule has 30 heavy (non-hydrogen) atoms. The highest BCUT2D eigenvalue weighted by Crippen LogP contribution is 2.30. The van der Waals surface area contributed by atoms with Crippen molar-refractivity contribution < 1.29 is 23.9 Å². The molecule has 0 saturated carbocycles. The first-order chi connectivity index (χ1) is 14.1. The Balaban J connectivity index is 2.06. The van der Waals surface area contributed by atoms with Gasteiger partial charge in [-0.05, 0) is 45.1 Å². The number of nitrogens with zero attached hydrogens (tertiary/aromatic N) is 2. The van der Waals surface area contributed by atoms with E-state index in [4.69, 9.17) is 21.1 Å². The molecule has 0 fully saturated rings. The van der Waals surface area contributed by atoms with Gasteiger partial charge in [0.25, 0.3) is 11.7 Å². The van der Waals surface area contributed by atoms with Gasteiger partial charge in [-0.1, -0.05) is 11.6 Å². The molecule has 0 bridgehead atoms. The van der Waals surface area contributed by atoms with Crippen LogP contribution in [0.4, 0.5) is 4.79 Å². The van der Waals surface area contributed by atoms with Gasteiger partial charge in [0.2, 0.25) is 0 Å². The first-order valence-electron chi connectivity index (χ1n) is 9.23. The molecule has 1 aromatic rings. The van der Waals surface area contributed by atoms with E-state index in [1.807, 2.05) is 0 Å². The van der Waals surface area contributed by atoms with E-state index in [0.717, 1.165) is 0 Å². The first kappa shape index (κ1) is 23.5. The number of hydrogen-bond donors (Lipinski definition) is 2. The SMILES string of the molecule is COC[C@H](CNC(=O)C(=O)C1(c2ccc(Cl)cn2)C=CC=N1)NC(=O)OC(C)(C)C. The molecule has 0 saturated heterocycles. The van der Waals surface area contributed by atoms with Crippen LogP contribution < -0.4 is 10.6 Å². The third kappa shape index (κ3) is 6.11. The van der Waals surface area contributed by atoms with Crippen LogP contribution in [-0.2, 0) is 24.6 Å². The van der Waals surface area contributed by atoms with Gasteiger partial charge in [-0.15, -0.1) is 0 Å². The fourth-order valence-corrected chi connectivity index (χ4v) is 2.80. The summed E-state index contributed by atoms with van der Waals surface area (Å²) in [4.78, 5) is 45.8. The lowest BCUT2D eigenvalue weighted by Crippen LogP contribution is -2.50. The predicted octanol–water partition coefficient (Wildman–Crippen LogP) is 1.80. The fraction of sp³-hybridized carbons (Fsp3) is 0.450. The predicted molar refractivity (Wildman–Crippen MR) is 112 cm³/mol. The van der Waals surface area contributed by atoms with Crippen LogP contribution in [0.3, 0.4) is 0 Å². The highest BCUT2D eigenvalue weighted by atomic mass is 35.5. The van der Waals surface area contributed by atoms with Crippen LogP contribution in [0, 0.1) is 0 Å². The number of allylic oxidation sites excluding steroid dienone is 1. The molecule has 1 unspecified atom stereocenters. The average Bonchev–Trinajstić information content (AvgIpc) is 3.15. The summed E-state index contributed by atoms with van der Waals surface area (Å²) in [6.45, 7) is 5.26. The normalized spacial score (nSPS) is 18.7. The minimum Gasteiger partial charge on any atom is -0.444 e. The molecule has 2 atom stereocenters. The number of alkyl carbamates (subject to hydrolysis) is 1. The van der Waals surface area contributed by atoms with E-state index in [1.165, 1.54) is 31.7 Å². The van der Waals surface area contributed by atoms with Gasteiger partial charge in [0, 0.05) is 26.1 Å². The molecule has 0 aromatic carbocycles. The topological polar surface area (TPSA) is 119 Å². The Kier molecular flexibility index (Phi) is 7.69. The number of aliphatic imine (C=N–C) groups is 1. The number of ether oxygens (including phenoxy) is 2. The number of rotatable bonds is 8. The van der Waals surface area contributed by atoms with Crippen molar-refractivity contribution in [3.05, 3.63) is 41.2 Å². The lowest BCUT2D eigenvalue weighted by atomic mass is 9.90. The smallest absolute Gasteiger partial charge is 0.408 e. The van der Waals surface area contributed by atoms with E-state index in [-0.39, 0.29) is 18.8 Å². The molecule has 0 spiro atoms. The van der Waals surface area contributed by atoms with E-state index in [0.29, 0.717) is 5.02 Å². The highest BCUT2D eigenvalue weighted by Gasteiger charge is 2.43. The van der Waals surface area contributed by atoms with Crippen molar-refractivity contribution in [3.8, 4) is 0 Å². The summed E-state index contributed by atoms with van der Waals surface area (Å²) >= 11 is 5.86. The Morgan fingerprint density at radius 2 is 2.00 bits per heavy atom. The number of pyridine rings is 1. The zero-order chi connectivity index (χ0) is 22.4. The van der Waals surface area contributed by atoms with E-state index in [1.54, 1.807) is 32.9 Å². The zero-order valence-corrected chi connectivity index (χ0v) is 18.0. The lowest BCUT2D eigenvalue weighted by Gasteiger charge is -2.24. The van der Waals surface area contributed by atoms with Crippen LogP contribution in [0.1, 0.15) is 26.5 Å². The number of carbonyl (C=O) groups excluding carboxylic acids is 3. The highest BCUT2D eigenvalue weighted by molar-refractivity contribution is 6.40. The van der Waals surface area contributed by atoms with Gasteiger partial charge in [0.1, 0.15) is 5.60 Å². The Bertz CT molecular complexity index is 834. The van der Waals surface area contributed by atoms with E-state index >= 15 is 0 Å². The Hall–Kier alpha value is -2.78. The van der Waals surface area contributed by atoms with Gasteiger partial charge in [-0.3, -0.25) is 19.6 Å². The molecule has 2 N–H and O–H groups in total. The number of ketones is 1. The van der Waals surface area contributed by atoms with Crippen LogP contribution in [0.25, 0.3) is 0 Å². The van der Waals surface area contributed by atoms with Gasteiger partial charge >= 0.3 is 6.09 Å². The number of aromatic nitrogens is 1. The quantitative estimate of drug-likeness (QED) is 0.600. The molecule has 2 heterocycles. The van der Waals surface area contributed by atoms with Gasteiger partial charge < -0.3 is 20.1 Å². The number of nitrogens with one attached hydrogen (secondary N) is 2. The monoisotopic (exact) mass is 436 g/mol. The third-order valence-corrected chi connectivity index (χ3v) is 4.19. The van der Waals surface area contributed by atoms with Gasteiger partial charge in [0.05, 0.1) is 23.4 Å². The van der Waals surface area contributed by atoms with Crippen LogP contribution >= 0.6 is 11.6 Å². The Morgan fingerprint density at radius 1 is 1.27 bits per heavy atom. The molecule has 1 aliphatic rings. The van der Waals surface area contributed by atoms with Crippen molar-refractivity contribution in [2.45, 2.75) is 38.0 Å². The molecule has 0 aliphatic carbocycles. The molecule has 1 aliphatic heterocycles. The number of carbonyl (C=O) groups is 3. The fourth-order valence-electron chi connectivity index (χ4n) is 2.69. The van der Waals surface area contributed by atoms with Crippen molar-refractivity contribution in [1.29, 1.82) is 0 Å². The minimum atomic E-state index is -1.55. The summed E-state index contributed by atoms with van der Waals surface area (Å²) in [6.07, 6.45) is 5.22. The lowest BCUT2D eigenvalue weighted by molar-refractivity contribution is -0.140. The maximum atomic E-state index is 12.9. The number of halogens is 1. The van der Waals surface area contributed by atoms with Gasteiger partial charge in [0.15, 0.2) is 5.54 Å².